The first-order valence-electron chi connectivity index (χ1n) is 14.0. The van der Waals surface area contributed by atoms with Crippen LogP contribution in [0.15, 0.2) is 30.5 Å². The van der Waals surface area contributed by atoms with E-state index in [0.29, 0.717) is 37.2 Å². The molecule has 2 heterocycles. The van der Waals surface area contributed by atoms with Gasteiger partial charge in [-0.15, -0.1) is 0 Å². The third-order valence-corrected chi connectivity index (χ3v) is 7.21. The quantitative estimate of drug-likeness (QED) is 0.413. The van der Waals surface area contributed by atoms with Crippen LogP contribution in [0.5, 0.6) is 0 Å². The van der Waals surface area contributed by atoms with Gasteiger partial charge in [-0.1, -0.05) is 26.7 Å². The van der Waals surface area contributed by atoms with Crippen LogP contribution in [-0.2, 0) is 10.9 Å². The van der Waals surface area contributed by atoms with E-state index in [9.17, 15) is 22.8 Å². The normalized spacial score (nSPS) is 20.0. The Kier molecular flexibility index (Phi) is 9.90. The van der Waals surface area contributed by atoms with Crippen molar-refractivity contribution in [1.82, 2.24) is 25.1 Å². The molecule has 2 aliphatic rings. The minimum absolute atomic E-state index is 0.0321. The maximum atomic E-state index is 13.9. The van der Waals surface area contributed by atoms with Crippen LogP contribution in [0.25, 0.3) is 0 Å². The van der Waals surface area contributed by atoms with E-state index >= 15 is 0 Å². The van der Waals surface area contributed by atoms with E-state index in [4.69, 9.17) is 4.74 Å². The molecule has 1 aromatic carbocycles. The molecule has 2 aromatic rings. The van der Waals surface area contributed by atoms with E-state index in [-0.39, 0.29) is 30.2 Å². The van der Waals surface area contributed by atoms with Crippen molar-refractivity contribution < 1.29 is 27.5 Å². The van der Waals surface area contributed by atoms with Crippen molar-refractivity contribution in [2.75, 3.05) is 50.5 Å². The molecule has 0 bridgehead atoms. The van der Waals surface area contributed by atoms with Crippen molar-refractivity contribution >= 4 is 29.5 Å². The summed E-state index contributed by atoms with van der Waals surface area (Å²) < 4.78 is 46.8. The Morgan fingerprint density at radius 1 is 1.05 bits per heavy atom. The van der Waals surface area contributed by atoms with E-state index in [0.717, 1.165) is 32.1 Å². The van der Waals surface area contributed by atoms with E-state index in [1.54, 1.807) is 29.2 Å². The van der Waals surface area contributed by atoms with Gasteiger partial charge in [0, 0.05) is 49.7 Å². The van der Waals surface area contributed by atoms with Crippen LogP contribution in [0.2, 0.25) is 0 Å². The lowest BCUT2D eigenvalue weighted by Gasteiger charge is -2.33. The average molecular weight is 578 g/mol. The number of amides is 2. The van der Waals surface area contributed by atoms with Crippen molar-refractivity contribution in [2.24, 2.45) is 5.92 Å². The molecule has 0 spiro atoms. The zero-order chi connectivity index (χ0) is 29.6. The lowest BCUT2D eigenvalue weighted by atomic mass is 9.90. The Hall–Kier alpha value is -3.61. The Morgan fingerprint density at radius 3 is 2.34 bits per heavy atom. The summed E-state index contributed by atoms with van der Waals surface area (Å²) in [5, 5.41) is 8.66. The molecule has 0 unspecified atom stereocenters. The van der Waals surface area contributed by atoms with Crippen LogP contribution in [0.1, 0.15) is 55.5 Å². The molecule has 13 heteroatoms. The maximum Gasteiger partial charge on any atom is 0.421 e. The zero-order valence-corrected chi connectivity index (χ0v) is 23.6. The van der Waals surface area contributed by atoms with Crippen molar-refractivity contribution in [3.63, 3.8) is 0 Å². The Morgan fingerprint density at radius 2 is 1.71 bits per heavy atom. The van der Waals surface area contributed by atoms with Crippen LogP contribution >= 0.6 is 0 Å². The SMILES string of the molecule is CC(C)COC(=O)N[C@H]1CCCC[C@H]1Nc1nc(Nc2ccc(C(=O)N3CCN(C)CC3)cc2)ncc1C(F)(F)F. The number of alkyl carbamates (subject to hydrolysis) is 1. The van der Waals surface area contributed by atoms with E-state index < -0.39 is 29.9 Å². The minimum Gasteiger partial charge on any atom is -0.449 e. The number of rotatable bonds is 8. The number of nitrogens with one attached hydrogen (secondary N) is 3. The second kappa shape index (κ2) is 13.4. The summed E-state index contributed by atoms with van der Waals surface area (Å²) in [7, 11) is 2.02. The monoisotopic (exact) mass is 577 g/mol. The highest BCUT2D eigenvalue weighted by atomic mass is 19.4. The van der Waals surface area contributed by atoms with Gasteiger partial charge in [-0.05, 0) is 50.1 Å². The van der Waals surface area contributed by atoms with Gasteiger partial charge in [0.25, 0.3) is 5.91 Å². The number of halogens is 3. The van der Waals surface area contributed by atoms with Gasteiger partial charge in [-0.25, -0.2) is 9.78 Å². The fourth-order valence-corrected chi connectivity index (χ4v) is 4.86. The molecule has 1 aliphatic heterocycles. The van der Waals surface area contributed by atoms with E-state index in [1.807, 2.05) is 20.9 Å². The van der Waals surface area contributed by atoms with Crippen molar-refractivity contribution in [3.05, 3.63) is 41.6 Å². The summed E-state index contributed by atoms with van der Waals surface area (Å²) in [5.41, 5.74) is 0.0529. The first-order valence-corrected chi connectivity index (χ1v) is 14.0. The molecular formula is C28H38F3N7O3. The summed E-state index contributed by atoms with van der Waals surface area (Å²) in [6, 6.07) is 5.79. The Balaban J connectivity index is 1.46. The topological polar surface area (TPSA) is 112 Å². The standard InChI is InChI=1S/C28H38F3N7O3/c1-18(2)17-41-27(40)35-23-7-5-4-6-22(23)34-24-21(28(29,30)31)16-32-26(36-24)33-20-10-8-19(9-11-20)25(39)38-14-12-37(3)13-15-38/h8-11,16,18,22-23H,4-7,12-15,17H2,1-3H3,(H,35,40)(H2,32,33,34,36)/t22-,23+/m1/s1. The minimum atomic E-state index is -4.68. The summed E-state index contributed by atoms with van der Waals surface area (Å²) in [4.78, 5) is 37.1. The molecule has 2 amide bonds. The number of carbonyl (C=O) groups excluding carboxylic acids is 2. The number of ether oxygens (including phenoxy) is 1. The molecule has 1 aliphatic carbocycles. The number of benzene rings is 1. The van der Waals surface area contributed by atoms with Gasteiger partial charge in [0.1, 0.15) is 11.4 Å². The molecule has 2 atom stereocenters. The Labute approximate surface area is 238 Å². The number of carbonyl (C=O) groups is 2. The maximum absolute atomic E-state index is 13.9. The second-order valence-electron chi connectivity index (χ2n) is 11.0. The molecule has 1 aromatic heterocycles. The number of likely N-dealkylation sites (N-methyl/N-ethyl adjacent to an activating group) is 1. The van der Waals surface area contributed by atoms with Crippen molar-refractivity contribution in [2.45, 2.75) is 57.8 Å². The lowest BCUT2D eigenvalue weighted by molar-refractivity contribution is -0.137. The highest BCUT2D eigenvalue weighted by Crippen LogP contribution is 2.35. The highest BCUT2D eigenvalue weighted by molar-refractivity contribution is 5.94. The predicted molar refractivity (Wildman–Crippen MR) is 149 cm³/mol. The molecule has 0 radical (unpaired) electrons. The van der Waals surface area contributed by atoms with Crippen LogP contribution in [-0.4, -0.2) is 83.7 Å². The molecule has 3 N–H and O–H groups in total. The number of hydrogen-bond acceptors (Lipinski definition) is 8. The third-order valence-electron chi connectivity index (χ3n) is 7.21. The van der Waals surface area contributed by atoms with Crippen LogP contribution in [0.4, 0.5) is 35.4 Å². The third kappa shape index (κ3) is 8.44. The Bertz CT molecular complexity index is 1190. The van der Waals surface area contributed by atoms with Gasteiger partial charge in [-0.3, -0.25) is 4.79 Å². The zero-order valence-electron chi connectivity index (χ0n) is 23.6. The molecule has 1 saturated carbocycles. The molecular weight excluding hydrogens is 539 g/mol. The number of anilines is 3. The van der Waals surface area contributed by atoms with Crippen molar-refractivity contribution in [1.29, 1.82) is 0 Å². The molecule has 1 saturated heterocycles. The number of nitrogens with zero attached hydrogens (tertiary/aromatic N) is 4. The summed E-state index contributed by atoms with van der Waals surface area (Å²) in [6.45, 7) is 7.02. The molecule has 41 heavy (non-hydrogen) atoms. The largest absolute Gasteiger partial charge is 0.449 e. The van der Waals surface area contributed by atoms with Crippen LogP contribution in [0.3, 0.4) is 0 Å². The van der Waals surface area contributed by atoms with Crippen LogP contribution < -0.4 is 16.0 Å². The fraction of sp³-hybridized carbons (Fsp3) is 0.571. The number of piperazine rings is 1. The fourth-order valence-electron chi connectivity index (χ4n) is 4.86. The highest BCUT2D eigenvalue weighted by Gasteiger charge is 2.37. The van der Waals surface area contributed by atoms with E-state index in [2.05, 4.69) is 30.8 Å². The number of aromatic nitrogens is 2. The van der Waals surface area contributed by atoms with Gasteiger partial charge in [0.2, 0.25) is 5.95 Å². The summed E-state index contributed by atoms with van der Waals surface area (Å²) in [5.74, 6) is -0.303. The van der Waals surface area contributed by atoms with Gasteiger partial charge < -0.3 is 30.5 Å². The number of hydrogen-bond donors (Lipinski definition) is 3. The molecule has 10 nitrogen and oxygen atoms in total. The lowest BCUT2D eigenvalue weighted by Crippen LogP contribution is -2.49. The van der Waals surface area contributed by atoms with Crippen LogP contribution in [0, 0.1) is 5.92 Å². The summed E-state index contributed by atoms with van der Waals surface area (Å²) in [6.07, 6.45) is -1.73. The van der Waals surface area contributed by atoms with E-state index in [1.165, 1.54) is 0 Å². The average Bonchev–Trinajstić information content (AvgIpc) is 2.93. The van der Waals surface area contributed by atoms with Gasteiger partial charge in [0.05, 0.1) is 12.6 Å². The molecule has 4 rings (SSSR count). The summed E-state index contributed by atoms with van der Waals surface area (Å²) >= 11 is 0. The van der Waals surface area contributed by atoms with Gasteiger partial charge in [-0.2, -0.15) is 18.2 Å². The first-order chi connectivity index (χ1) is 19.5. The van der Waals surface area contributed by atoms with Crippen molar-refractivity contribution in [3.8, 4) is 0 Å². The van der Waals surface area contributed by atoms with Gasteiger partial charge >= 0.3 is 12.3 Å². The smallest absolute Gasteiger partial charge is 0.421 e. The number of alkyl halides is 3. The first kappa shape index (κ1) is 30.4. The second-order valence-corrected chi connectivity index (χ2v) is 11.0. The van der Waals surface area contributed by atoms with Gasteiger partial charge in [0.15, 0.2) is 0 Å². The molecule has 224 valence electrons. The molecule has 2 fully saturated rings. The predicted octanol–water partition coefficient (Wildman–Crippen LogP) is 4.73.